The third-order valence-electron chi connectivity index (χ3n) is 7.93. The molecule has 1 aliphatic carbocycles. The summed E-state index contributed by atoms with van der Waals surface area (Å²) in [5.74, 6) is 0.898. The first-order valence-electron chi connectivity index (χ1n) is 14.1. The summed E-state index contributed by atoms with van der Waals surface area (Å²) in [6.07, 6.45) is 9.86. The van der Waals surface area contributed by atoms with Crippen molar-refractivity contribution in [3.63, 3.8) is 0 Å². The fourth-order valence-corrected chi connectivity index (χ4v) is 6.96. The number of halogens is 1. The molecule has 1 amide bonds. The predicted octanol–water partition coefficient (Wildman–Crippen LogP) is 7.62. The van der Waals surface area contributed by atoms with Gasteiger partial charge in [-0.3, -0.25) is 14.8 Å². The third-order valence-corrected chi connectivity index (χ3v) is 9.19. The Labute approximate surface area is 247 Å². The molecule has 0 saturated heterocycles. The summed E-state index contributed by atoms with van der Waals surface area (Å²) in [6.45, 7) is 2.72. The molecule has 0 bridgehead atoms. The lowest BCUT2D eigenvalue weighted by Crippen LogP contribution is -2.24. The monoisotopic (exact) mass is 580 g/mol. The van der Waals surface area contributed by atoms with Gasteiger partial charge in [-0.05, 0) is 73.7 Å². The van der Waals surface area contributed by atoms with Gasteiger partial charge in [0.05, 0.1) is 27.4 Å². The van der Waals surface area contributed by atoms with Crippen LogP contribution in [-0.4, -0.2) is 38.1 Å². The molecule has 1 aromatic carbocycles. The molecule has 0 unspecified atom stereocenters. The molecule has 0 atom stereocenters. The number of amides is 1. The zero-order valence-electron chi connectivity index (χ0n) is 22.7. The molecule has 1 saturated carbocycles. The molecule has 7 rings (SSSR count). The first-order chi connectivity index (χ1) is 20.0. The molecule has 206 valence electrons. The Morgan fingerprint density at radius 3 is 2.76 bits per heavy atom. The van der Waals surface area contributed by atoms with E-state index in [-0.39, 0.29) is 11.8 Å². The van der Waals surface area contributed by atoms with E-state index < -0.39 is 0 Å². The molecule has 0 radical (unpaired) electrons. The quantitative estimate of drug-likeness (QED) is 0.223. The number of carbonyl (C=O) groups is 1. The maximum atomic E-state index is 12.9. The molecule has 2 aliphatic rings. The van der Waals surface area contributed by atoms with Gasteiger partial charge in [-0.1, -0.05) is 36.9 Å². The van der Waals surface area contributed by atoms with Gasteiger partial charge < -0.3 is 10.3 Å². The Balaban J connectivity index is 1.23. The molecule has 1 fully saturated rings. The fourth-order valence-electron chi connectivity index (χ4n) is 5.90. The lowest BCUT2D eigenvalue weighted by atomic mass is 9.88. The number of nitrogens with one attached hydrogen (secondary N) is 2. The second-order valence-electron chi connectivity index (χ2n) is 10.9. The van der Waals surface area contributed by atoms with Gasteiger partial charge >= 0.3 is 0 Å². The normalized spacial score (nSPS) is 15.5. The van der Waals surface area contributed by atoms with Crippen LogP contribution in [0.25, 0.3) is 32.7 Å². The van der Waals surface area contributed by atoms with Crippen molar-refractivity contribution in [1.29, 1.82) is 0 Å². The molecular weight excluding hydrogens is 552 g/mol. The Morgan fingerprint density at radius 2 is 1.93 bits per heavy atom. The number of aromatic amines is 1. The van der Waals surface area contributed by atoms with Crippen LogP contribution in [0.4, 0.5) is 5.69 Å². The summed E-state index contributed by atoms with van der Waals surface area (Å²) in [7, 11) is 0. The maximum Gasteiger partial charge on any atom is 0.227 e. The number of benzene rings is 1. The zero-order chi connectivity index (χ0) is 27.9. The van der Waals surface area contributed by atoms with Gasteiger partial charge in [-0.25, -0.2) is 9.97 Å². The van der Waals surface area contributed by atoms with E-state index in [4.69, 9.17) is 26.6 Å². The van der Waals surface area contributed by atoms with E-state index in [9.17, 15) is 4.79 Å². The van der Waals surface area contributed by atoms with Crippen molar-refractivity contribution in [2.45, 2.75) is 45.4 Å². The molecule has 0 spiro atoms. The predicted molar refractivity (Wildman–Crippen MR) is 166 cm³/mol. The van der Waals surface area contributed by atoms with E-state index in [0.717, 1.165) is 97.4 Å². The minimum absolute atomic E-state index is 0.102. The summed E-state index contributed by atoms with van der Waals surface area (Å²) in [5.41, 5.74) is 9.00. The molecule has 4 aromatic heterocycles. The van der Waals surface area contributed by atoms with Crippen molar-refractivity contribution in [2.75, 3.05) is 11.9 Å². The highest BCUT2D eigenvalue weighted by Gasteiger charge is 2.24. The SMILES string of the molecule is Cc1cc(NC(=O)C2CCCCC2)cc(-c2ccc3c(n2)C(c2nc4c(-c5ccc(Cl)s5)cncc4[nH]2)=NCC3)c1. The lowest BCUT2D eigenvalue weighted by Gasteiger charge is -2.21. The van der Waals surface area contributed by atoms with E-state index in [1.54, 1.807) is 6.20 Å². The van der Waals surface area contributed by atoms with Gasteiger partial charge in [-0.2, -0.15) is 0 Å². The topological polar surface area (TPSA) is 95.9 Å². The second kappa shape index (κ2) is 10.8. The highest BCUT2D eigenvalue weighted by molar-refractivity contribution is 7.19. The molecule has 5 aromatic rings. The van der Waals surface area contributed by atoms with Crippen LogP contribution in [0, 0.1) is 12.8 Å². The van der Waals surface area contributed by atoms with E-state index in [2.05, 4.69) is 33.5 Å². The third kappa shape index (κ3) is 5.18. The average Bonchev–Trinajstić information content (AvgIpc) is 3.63. The maximum absolute atomic E-state index is 12.9. The van der Waals surface area contributed by atoms with Gasteiger partial charge in [0.15, 0.2) is 5.82 Å². The van der Waals surface area contributed by atoms with Crippen molar-refractivity contribution < 1.29 is 4.79 Å². The van der Waals surface area contributed by atoms with Crippen molar-refractivity contribution >= 4 is 51.3 Å². The molecule has 2 N–H and O–H groups in total. The van der Waals surface area contributed by atoms with Gasteiger partial charge in [0.25, 0.3) is 0 Å². The van der Waals surface area contributed by atoms with Gasteiger partial charge in [0, 0.05) is 40.4 Å². The summed E-state index contributed by atoms with van der Waals surface area (Å²) in [5, 5.41) is 3.18. The number of thiophene rings is 1. The Kier molecular flexibility index (Phi) is 6.88. The zero-order valence-corrected chi connectivity index (χ0v) is 24.3. The average molecular weight is 581 g/mol. The standard InChI is InChI=1S/C32H29ClN6OS/c1-18-13-21(15-22(14-18)36-32(40)20-5-3-2-4-6-20)24-8-7-19-11-12-35-30(28(19)37-24)31-38-25-17-34-16-23(29(25)39-31)26-9-10-27(33)41-26/h7-10,13-17,20H,2-6,11-12H2,1H3,(H,36,40)(H,38,39). The minimum atomic E-state index is 0.102. The summed E-state index contributed by atoms with van der Waals surface area (Å²) in [4.78, 5) is 36.8. The van der Waals surface area contributed by atoms with Crippen LogP contribution in [-0.2, 0) is 11.2 Å². The number of nitrogens with zero attached hydrogens (tertiary/aromatic N) is 4. The largest absolute Gasteiger partial charge is 0.335 e. The number of aromatic nitrogens is 4. The number of anilines is 1. The number of hydrogen-bond donors (Lipinski definition) is 2. The van der Waals surface area contributed by atoms with Crippen molar-refractivity contribution in [3.05, 3.63) is 81.8 Å². The minimum Gasteiger partial charge on any atom is -0.335 e. The Bertz CT molecular complexity index is 1820. The fraction of sp³-hybridized carbons (Fsp3) is 0.281. The van der Waals surface area contributed by atoms with Gasteiger partial charge in [-0.15, -0.1) is 11.3 Å². The molecule has 9 heteroatoms. The number of aryl methyl sites for hydroxylation is 1. The van der Waals surface area contributed by atoms with Crippen molar-refractivity contribution in [2.24, 2.45) is 10.9 Å². The van der Waals surface area contributed by atoms with E-state index in [0.29, 0.717) is 12.4 Å². The summed E-state index contributed by atoms with van der Waals surface area (Å²) in [6, 6.07) is 14.2. The van der Waals surface area contributed by atoms with E-state index in [1.165, 1.54) is 17.8 Å². The number of aliphatic imine (C=N–C) groups is 1. The Morgan fingerprint density at radius 1 is 1.05 bits per heavy atom. The molecule has 7 nitrogen and oxygen atoms in total. The second-order valence-corrected chi connectivity index (χ2v) is 12.6. The van der Waals surface area contributed by atoms with Crippen LogP contribution in [0.5, 0.6) is 0 Å². The number of pyridine rings is 2. The van der Waals surface area contributed by atoms with E-state index >= 15 is 0 Å². The van der Waals surface area contributed by atoms with Crippen LogP contribution < -0.4 is 5.32 Å². The number of rotatable bonds is 5. The first kappa shape index (κ1) is 26.0. The summed E-state index contributed by atoms with van der Waals surface area (Å²) >= 11 is 7.72. The Hall–Kier alpha value is -3.88. The number of imidazole rings is 1. The van der Waals surface area contributed by atoms with Crippen molar-refractivity contribution in [1.82, 2.24) is 19.9 Å². The highest BCUT2D eigenvalue weighted by atomic mass is 35.5. The van der Waals surface area contributed by atoms with Crippen LogP contribution in [0.1, 0.15) is 54.7 Å². The van der Waals surface area contributed by atoms with Crippen LogP contribution in [0.3, 0.4) is 0 Å². The molecular formula is C32H29ClN6OS. The lowest BCUT2D eigenvalue weighted by molar-refractivity contribution is -0.120. The molecule has 1 aliphatic heterocycles. The van der Waals surface area contributed by atoms with Gasteiger partial charge in [0.1, 0.15) is 11.2 Å². The molecule has 5 heterocycles. The molecule has 41 heavy (non-hydrogen) atoms. The van der Waals surface area contributed by atoms with Crippen LogP contribution in [0.15, 0.2) is 59.9 Å². The number of fused-ring (bicyclic) bond motifs is 2. The summed E-state index contributed by atoms with van der Waals surface area (Å²) < 4.78 is 0.725. The van der Waals surface area contributed by atoms with Crippen LogP contribution in [0.2, 0.25) is 4.34 Å². The highest BCUT2D eigenvalue weighted by Crippen LogP contribution is 2.35. The number of hydrogen-bond acceptors (Lipinski definition) is 6. The first-order valence-corrected chi connectivity index (χ1v) is 15.3. The van der Waals surface area contributed by atoms with Crippen molar-refractivity contribution in [3.8, 4) is 21.7 Å². The van der Waals surface area contributed by atoms with E-state index in [1.807, 2.05) is 37.4 Å². The van der Waals surface area contributed by atoms with Gasteiger partial charge in [0.2, 0.25) is 5.91 Å². The smallest absolute Gasteiger partial charge is 0.227 e. The van der Waals surface area contributed by atoms with Crippen LogP contribution >= 0.6 is 22.9 Å². The number of H-pyrrole nitrogens is 1. The number of carbonyl (C=O) groups excluding carboxylic acids is 1.